The fourth-order valence-electron chi connectivity index (χ4n) is 3.40. The van der Waals surface area contributed by atoms with Gasteiger partial charge in [0.1, 0.15) is 5.82 Å². The van der Waals surface area contributed by atoms with Crippen molar-refractivity contribution in [1.29, 1.82) is 0 Å². The number of pyridine rings is 1. The van der Waals surface area contributed by atoms with Gasteiger partial charge in [0.2, 0.25) is 0 Å². The first-order valence-corrected chi connectivity index (χ1v) is 10.5. The second-order valence-electron chi connectivity index (χ2n) is 7.50. The summed E-state index contributed by atoms with van der Waals surface area (Å²) in [6, 6.07) is 4.30. The maximum absolute atomic E-state index is 4.66. The Balaban J connectivity index is 1.46. The maximum Gasteiger partial charge on any atom is 0.191 e. The molecule has 6 nitrogen and oxygen atoms in total. The SMILES string of the molecule is CN=C(NCc1ccc(N2CCN(C)CC2)nc1)NCC1(C)CCCS1. The van der Waals surface area contributed by atoms with Gasteiger partial charge in [0.05, 0.1) is 0 Å². The third-order valence-electron chi connectivity index (χ3n) is 5.25. The zero-order chi connectivity index (χ0) is 18.4. The molecular weight excluding hydrogens is 344 g/mol. The number of rotatable bonds is 5. The van der Waals surface area contributed by atoms with E-state index in [4.69, 9.17) is 0 Å². The Bertz CT molecular complexity index is 589. The lowest BCUT2D eigenvalue weighted by Gasteiger charge is -2.33. The third kappa shape index (κ3) is 5.27. The monoisotopic (exact) mass is 376 g/mol. The van der Waals surface area contributed by atoms with Crippen LogP contribution in [0, 0.1) is 0 Å². The number of hydrogen-bond donors (Lipinski definition) is 2. The van der Waals surface area contributed by atoms with Crippen molar-refractivity contribution < 1.29 is 0 Å². The molecular formula is C19H32N6S. The Morgan fingerprint density at radius 3 is 2.69 bits per heavy atom. The van der Waals surface area contributed by atoms with Gasteiger partial charge in [0.25, 0.3) is 0 Å². The number of aromatic nitrogens is 1. The quantitative estimate of drug-likeness (QED) is 0.604. The fraction of sp³-hybridized carbons (Fsp3) is 0.684. The number of guanidine groups is 1. The highest BCUT2D eigenvalue weighted by Gasteiger charge is 2.29. The Hall–Kier alpha value is -1.47. The second-order valence-corrected chi connectivity index (χ2v) is 9.18. The fourth-order valence-corrected chi connectivity index (χ4v) is 4.64. The molecule has 0 bridgehead atoms. The van der Waals surface area contributed by atoms with Crippen molar-refractivity contribution in [3.8, 4) is 0 Å². The third-order valence-corrected chi connectivity index (χ3v) is 6.79. The van der Waals surface area contributed by atoms with E-state index in [9.17, 15) is 0 Å². The van der Waals surface area contributed by atoms with Crippen LogP contribution < -0.4 is 15.5 Å². The zero-order valence-electron chi connectivity index (χ0n) is 16.3. The summed E-state index contributed by atoms with van der Waals surface area (Å²) in [5.41, 5.74) is 1.17. The van der Waals surface area contributed by atoms with Crippen LogP contribution in [0.5, 0.6) is 0 Å². The average Bonchev–Trinajstić information content (AvgIpc) is 3.10. The second kappa shape index (κ2) is 8.95. The molecule has 3 rings (SSSR count). The molecule has 2 aliphatic rings. The van der Waals surface area contributed by atoms with Gasteiger partial charge in [-0.15, -0.1) is 0 Å². The highest BCUT2D eigenvalue weighted by molar-refractivity contribution is 8.00. The van der Waals surface area contributed by atoms with Crippen molar-refractivity contribution in [1.82, 2.24) is 20.5 Å². The molecule has 2 N–H and O–H groups in total. The smallest absolute Gasteiger partial charge is 0.191 e. The molecule has 1 aromatic heterocycles. The van der Waals surface area contributed by atoms with Crippen LogP contribution in [0.2, 0.25) is 0 Å². The normalized spacial score (nSPS) is 24.7. The van der Waals surface area contributed by atoms with E-state index in [1.165, 1.54) is 24.2 Å². The summed E-state index contributed by atoms with van der Waals surface area (Å²) in [5.74, 6) is 3.22. The molecule has 2 saturated heterocycles. The van der Waals surface area contributed by atoms with Gasteiger partial charge in [0.15, 0.2) is 5.96 Å². The lowest BCUT2D eigenvalue weighted by molar-refractivity contribution is 0.312. The lowest BCUT2D eigenvalue weighted by atomic mass is 10.1. The van der Waals surface area contributed by atoms with E-state index in [0.29, 0.717) is 4.75 Å². The van der Waals surface area contributed by atoms with E-state index in [2.05, 4.69) is 68.3 Å². The molecule has 0 spiro atoms. The molecule has 0 saturated carbocycles. The number of nitrogens with one attached hydrogen (secondary N) is 2. The van der Waals surface area contributed by atoms with E-state index in [1.807, 2.05) is 13.2 Å². The van der Waals surface area contributed by atoms with Gasteiger partial charge < -0.3 is 20.4 Å². The molecule has 0 radical (unpaired) electrons. The summed E-state index contributed by atoms with van der Waals surface area (Å²) in [4.78, 5) is 13.7. The zero-order valence-corrected chi connectivity index (χ0v) is 17.1. The van der Waals surface area contributed by atoms with Gasteiger partial charge >= 0.3 is 0 Å². The minimum absolute atomic E-state index is 0.337. The van der Waals surface area contributed by atoms with Gasteiger partial charge in [0, 0.05) is 57.3 Å². The van der Waals surface area contributed by atoms with Crippen LogP contribution >= 0.6 is 11.8 Å². The van der Waals surface area contributed by atoms with E-state index >= 15 is 0 Å². The van der Waals surface area contributed by atoms with Gasteiger partial charge in [-0.05, 0) is 44.2 Å². The molecule has 0 aliphatic carbocycles. The first-order valence-electron chi connectivity index (χ1n) is 9.55. The Morgan fingerprint density at radius 2 is 2.08 bits per heavy atom. The molecule has 144 valence electrons. The predicted molar refractivity (Wildman–Crippen MR) is 112 cm³/mol. The average molecular weight is 377 g/mol. The van der Waals surface area contributed by atoms with Crippen LogP contribution in [-0.4, -0.2) is 73.2 Å². The summed E-state index contributed by atoms with van der Waals surface area (Å²) in [5, 5.41) is 6.88. The van der Waals surface area contributed by atoms with E-state index in [-0.39, 0.29) is 0 Å². The van der Waals surface area contributed by atoms with E-state index in [1.54, 1.807) is 0 Å². The largest absolute Gasteiger partial charge is 0.355 e. The number of piperazine rings is 1. The van der Waals surface area contributed by atoms with Crippen LogP contribution in [-0.2, 0) is 6.54 Å². The lowest BCUT2D eigenvalue weighted by Crippen LogP contribution is -2.44. The predicted octanol–water partition coefficient (Wildman–Crippen LogP) is 1.78. The van der Waals surface area contributed by atoms with Gasteiger partial charge in [-0.1, -0.05) is 6.07 Å². The summed E-state index contributed by atoms with van der Waals surface area (Å²) >= 11 is 2.06. The molecule has 0 amide bonds. The standard InChI is InChI=1S/C19H32N6S/c1-19(7-4-12-26-19)15-23-18(20-2)22-14-16-5-6-17(21-13-16)25-10-8-24(3)9-11-25/h5-6,13H,4,7-12,14-15H2,1-3H3,(H2,20,22,23). The highest BCUT2D eigenvalue weighted by atomic mass is 32.2. The molecule has 7 heteroatoms. The van der Waals surface area contributed by atoms with Crippen molar-refractivity contribution >= 4 is 23.5 Å². The van der Waals surface area contributed by atoms with Gasteiger partial charge in [-0.2, -0.15) is 11.8 Å². The van der Waals surface area contributed by atoms with Crippen molar-refractivity contribution in [2.75, 3.05) is 57.5 Å². The summed E-state index contributed by atoms with van der Waals surface area (Å²) < 4.78 is 0.337. The van der Waals surface area contributed by atoms with E-state index < -0.39 is 0 Å². The molecule has 26 heavy (non-hydrogen) atoms. The molecule has 2 fully saturated rings. The Labute approximate surface area is 161 Å². The van der Waals surface area contributed by atoms with Crippen LogP contribution in [0.3, 0.4) is 0 Å². The Kier molecular flexibility index (Phi) is 6.64. The molecule has 1 unspecified atom stereocenters. The van der Waals surface area contributed by atoms with Crippen LogP contribution in [0.15, 0.2) is 23.3 Å². The number of thioether (sulfide) groups is 1. The number of likely N-dealkylation sites (N-methyl/N-ethyl adjacent to an activating group) is 1. The first kappa shape index (κ1) is 19.3. The van der Waals surface area contributed by atoms with E-state index in [0.717, 1.165) is 51.0 Å². The summed E-state index contributed by atoms with van der Waals surface area (Å²) in [6.07, 6.45) is 4.57. The highest BCUT2D eigenvalue weighted by Crippen LogP contribution is 2.36. The molecule has 3 heterocycles. The molecule has 1 atom stereocenters. The first-order chi connectivity index (χ1) is 12.6. The molecule has 0 aromatic carbocycles. The van der Waals surface area contributed by atoms with Crippen LogP contribution in [0.4, 0.5) is 5.82 Å². The van der Waals surface area contributed by atoms with Crippen molar-refractivity contribution in [2.45, 2.75) is 31.1 Å². The van der Waals surface area contributed by atoms with Crippen LogP contribution in [0.25, 0.3) is 0 Å². The van der Waals surface area contributed by atoms with Gasteiger partial charge in [-0.25, -0.2) is 4.98 Å². The van der Waals surface area contributed by atoms with Crippen molar-refractivity contribution in [3.05, 3.63) is 23.9 Å². The minimum Gasteiger partial charge on any atom is -0.355 e. The Morgan fingerprint density at radius 1 is 1.27 bits per heavy atom. The van der Waals surface area contributed by atoms with Crippen LogP contribution in [0.1, 0.15) is 25.3 Å². The van der Waals surface area contributed by atoms with Crippen molar-refractivity contribution in [3.63, 3.8) is 0 Å². The maximum atomic E-state index is 4.66. The topological polar surface area (TPSA) is 55.8 Å². The summed E-state index contributed by atoms with van der Waals surface area (Å²) in [7, 11) is 4.00. The number of aliphatic imine (C=N–C) groups is 1. The molecule has 2 aliphatic heterocycles. The molecule has 1 aromatic rings. The van der Waals surface area contributed by atoms with Gasteiger partial charge in [-0.3, -0.25) is 4.99 Å². The number of hydrogen-bond acceptors (Lipinski definition) is 5. The number of nitrogens with zero attached hydrogens (tertiary/aromatic N) is 4. The minimum atomic E-state index is 0.337. The number of anilines is 1. The summed E-state index contributed by atoms with van der Waals surface area (Å²) in [6.45, 7) is 8.33. The van der Waals surface area contributed by atoms with Crippen molar-refractivity contribution in [2.24, 2.45) is 4.99 Å².